The number of ether oxygens (including phenoxy) is 2. The number of carboxylic acids is 1. The number of nitrogens with zero attached hydrogens (tertiary/aromatic N) is 2. The number of carbonyl (C=O) groups is 2. The van der Waals surface area contributed by atoms with Crippen molar-refractivity contribution in [2.45, 2.75) is 31.7 Å². The zero-order chi connectivity index (χ0) is 21.7. The van der Waals surface area contributed by atoms with Gasteiger partial charge in [0, 0.05) is 35.9 Å². The lowest BCUT2D eigenvalue weighted by atomic mass is 9.98. The lowest BCUT2D eigenvalue weighted by Crippen LogP contribution is -2.27. The summed E-state index contributed by atoms with van der Waals surface area (Å²) in [6, 6.07) is 12.4. The van der Waals surface area contributed by atoms with Gasteiger partial charge >= 0.3 is 5.97 Å². The average Bonchev–Trinajstić information content (AvgIpc) is 3.19. The van der Waals surface area contributed by atoms with E-state index in [4.69, 9.17) is 26.2 Å². The summed E-state index contributed by atoms with van der Waals surface area (Å²) in [6.45, 7) is 0. The van der Waals surface area contributed by atoms with Gasteiger partial charge in [0.1, 0.15) is 11.5 Å². The normalized spacial score (nSPS) is 15.6. The van der Waals surface area contributed by atoms with Crippen LogP contribution in [0.5, 0.6) is 11.5 Å². The molecule has 1 amide bonds. The van der Waals surface area contributed by atoms with Gasteiger partial charge in [0.05, 0.1) is 26.0 Å². The summed E-state index contributed by atoms with van der Waals surface area (Å²) in [5, 5.41) is 15.5. The van der Waals surface area contributed by atoms with Crippen molar-refractivity contribution in [2.75, 3.05) is 14.2 Å². The zero-order valence-electron chi connectivity index (χ0n) is 16.8. The second-order valence-electron chi connectivity index (χ2n) is 6.91. The third-order valence-electron chi connectivity index (χ3n) is 4.89. The largest absolute Gasteiger partial charge is 0.497 e. The molecule has 0 spiro atoms. The molecule has 8 heteroatoms. The Morgan fingerprint density at radius 1 is 1.10 bits per heavy atom. The van der Waals surface area contributed by atoms with Gasteiger partial charge in [-0.05, 0) is 36.2 Å². The second kappa shape index (κ2) is 9.63. The van der Waals surface area contributed by atoms with Crippen LogP contribution in [0, 0.1) is 0 Å². The first-order chi connectivity index (χ1) is 14.4. The van der Waals surface area contributed by atoms with Crippen molar-refractivity contribution in [3.8, 4) is 11.5 Å². The Bertz CT molecular complexity index is 936. The van der Waals surface area contributed by atoms with Crippen LogP contribution in [-0.2, 0) is 9.59 Å². The van der Waals surface area contributed by atoms with E-state index >= 15 is 0 Å². The number of hydrazone groups is 1. The first-order valence-electron chi connectivity index (χ1n) is 9.51. The summed E-state index contributed by atoms with van der Waals surface area (Å²) < 4.78 is 10.7. The molecule has 0 saturated carbocycles. The van der Waals surface area contributed by atoms with E-state index in [1.165, 1.54) is 5.01 Å². The average molecular weight is 431 g/mol. The van der Waals surface area contributed by atoms with E-state index in [1.54, 1.807) is 32.4 Å². The quantitative estimate of drug-likeness (QED) is 0.674. The predicted molar refractivity (Wildman–Crippen MR) is 113 cm³/mol. The maximum Gasteiger partial charge on any atom is 0.303 e. The number of carboxylic acid groups (broad SMARTS) is 1. The van der Waals surface area contributed by atoms with Crippen molar-refractivity contribution >= 4 is 29.2 Å². The van der Waals surface area contributed by atoms with Crippen LogP contribution in [0.15, 0.2) is 47.6 Å². The highest BCUT2D eigenvalue weighted by molar-refractivity contribution is 6.30. The van der Waals surface area contributed by atoms with Gasteiger partial charge in [0.25, 0.3) is 0 Å². The van der Waals surface area contributed by atoms with Crippen molar-refractivity contribution < 1.29 is 24.2 Å². The fraction of sp³-hybridized carbons (Fsp3) is 0.318. The molecule has 0 saturated heterocycles. The number of hydrogen-bond acceptors (Lipinski definition) is 5. The second-order valence-corrected chi connectivity index (χ2v) is 7.34. The maximum absolute atomic E-state index is 12.9. The molecule has 3 rings (SSSR count). The number of aliphatic carboxylic acids is 1. The highest BCUT2D eigenvalue weighted by Crippen LogP contribution is 2.35. The first kappa shape index (κ1) is 21.6. The summed E-state index contributed by atoms with van der Waals surface area (Å²) in [7, 11) is 3.15. The van der Waals surface area contributed by atoms with E-state index in [1.807, 2.05) is 24.3 Å². The molecule has 0 fully saturated rings. The van der Waals surface area contributed by atoms with E-state index in [0.29, 0.717) is 22.9 Å². The minimum absolute atomic E-state index is 0.0607. The highest BCUT2D eigenvalue weighted by Gasteiger charge is 2.33. The fourth-order valence-corrected chi connectivity index (χ4v) is 3.46. The molecule has 0 bridgehead atoms. The lowest BCUT2D eigenvalue weighted by Gasteiger charge is -2.22. The van der Waals surface area contributed by atoms with Crippen LogP contribution >= 0.6 is 11.6 Å². The highest BCUT2D eigenvalue weighted by atomic mass is 35.5. The Morgan fingerprint density at radius 3 is 2.30 bits per heavy atom. The molecule has 158 valence electrons. The summed E-state index contributed by atoms with van der Waals surface area (Å²) in [5.41, 5.74) is 2.42. The Balaban J connectivity index is 1.92. The third kappa shape index (κ3) is 5.10. The molecule has 7 nitrogen and oxygen atoms in total. The van der Waals surface area contributed by atoms with E-state index < -0.39 is 5.97 Å². The Morgan fingerprint density at radius 2 is 1.73 bits per heavy atom. The van der Waals surface area contributed by atoms with E-state index in [2.05, 4.69) is 5.10 Å². The summed E-state index contributed by atoms with van der Waals surface area (Å²) in [5.74, 6) is 0.106. The fourth-order valence-electron chi connectivity index (χ4n) is 3.34. The molecule has 0 unspecified atom stereocenters. The number of carbonyl (C=O) groups excluding carboxylic acids is 1. The predicted octanol–water partition coefficient (Wildman–Crippen LogP) is 4.29. The molecule has 1 heterocycles. The Hall–Kier alpha value is -3.06. The minimum Gasteiger partial charge on any atom is -0.497 e. The molecule has 2 aromatic rings. The molecule has 1 atom stereocenters. The molecule has 0 radical (unpaired) electrons. The van der Waals surface area contributed by atoms with Gasteiger partial charge in [-0.25, -0.2) is 5.01 Å². The van der Waals surface area contributed by atoms with Gasteiger partial charge < -0.3 is 14.6 Å². The van der Waals surface area contributed by atoms with Crippen molar-refractivity contribution in [1.29, 1.82) is 0 Å². The topological polar surface area (TPSA) is 88.4 Å². The van der Waals surface area contributed by atoms with Crippen molar-refractivity contribution in [1.82, 2.24) is 5.01 Å². The SMILES string of the molecule is COc1cc(OC)cc(C2=NN(C(=O)CCCC(=O)O)[C@H](c3ccc(Cl)cc3)C2)c1. The first-order valence-corrected chi connectivity index (χ1v) is 9.89. The van der Waals surface area contributed by atoms with Crippen LogP contribution in [0.1, 0.15) is 42.9 Å². The maximum atomic E-state index is 12.9. The van der Waals surface area contributed by atoms with Crippen LogP contribution in [0.2, 0.25) is 5.02 Å². The number of amides is 1. The number of rotatable bonds is 8. The zero-order valence-corrected chi connectivity index (χ0v) is 17.6. The van der Waals surface area contributed by atoms with Gasteiger partial charge in [-0.2, -0.15) is 5.10 Å². The molecule has 0 aromatic heterocycles. The van der Waals surface area contributed by atoms with Gasteiger partial charge in [-0.3, -0.25) is 9.59 Å². The number of halogens is 1. The minimum atomic E-state index is -0.925. The van der Waals surface area contributed by atoms with Crippen LogP contribution in [0.4, 0.5) is 0 Å². The van der Waals surface area contributed by atoms with Crippen LogP contribution in [-0.4, -0.2) is 41.9 Å². The van der Waals surface area contributed by atoms with Gasteiger partial charge in [-0.15, -0.1) is 0 Å². The molecule has 1 N–H and O–H groups in total. The summed E-state index contributed by atoms with van der Waals surface area (Å²) >= 11 is 6.01. The molecular formula is C22H23ClN2O5. The molecule has 2 aromatic carbocycles. The lowest BCUT2D eigenvalue weighted by molar-refractivity contribution is -0.137. The van der Waals surface area contributed by atoms with Crippen molar-refractivity contribution in [2.24, 2.45) is 5.10 Å². The van der Waals surface area contributed by atoms with E-state index in [-0.39, 0.29) is 31.2 Å². The van der Waals surface area contributed by atoms with E-state index in [9.17, 15) is 9.59 Å². The van der Waals surface area contributed by atoms with E-state index in [0.717, 1.165) is 16.8 Å². The van der Waals surface area contributed by atoms with Gasteiger partial charge in [-0.1, -0.05) is 23.7 Å². The summed E-state index contributed by atoms with van der Waals surface area (Å²) in [4.78, 5) is 23.6. The molecule has 0 aliphatic carbocycles. The Labute approximate surface area is 179 Å². The number of methoxy groups -OCH3 is 2. The van der Waals surface area contributed by atoms with Crippen molar-refractivity contribution in [3.63, 3.8) is 0 Å². The third-order valence-corrected chi connectivity index (χ3v) is 5.14. The van der Waals surface area contributed by atoms with Crippen LogP contribution < -0.4 is 9.47 Å². The summed E-state index contributed by atoms with van der Waals surface area (Å²) in [6.07, 6.45) is 0.807. The standard InChI is InChI=1S/C22H23ClN2O5/c1-29-17-10-15(11-18(12-17)30-2)19-13-20(14-6-8-16(23)9-7-14)25(24-19)21(26)4-3-5-22(27)28/h6-12,20H,3-5,13H2,1-2H3,(H,27,28)/t20-/m0/s1. The van der Waals surface area contributed by atoms with Crippen LogP contribution in [0.3, 0.4) is 0 Å². The molecular weight excluding hydrogens is 408 g/mol. The smallest absolute Gasteiger partial charge is 0.303 e. The van der Waals surface area contributed by atoms with Gasteiger partial charge in [0.15, 0.2) is 0 Å². The molecule has 1 aliphatic rings. The van der Waals surface area contributed by atoms with Crippen molar-refractivity contribution in [3.05, 3.63) is 58.6 Å². The van der Waals surface area contributed by atoms with Crippen LogP contribution in [0.25, 0.3) is 0 Å². The number of hydrogen-bond donors (Lipinski definition) is 1. The number of benzene rings is 2. The molecule has 30 heavy (non-hydrogen) atoms. The molecule has 1 aliphatic heterocycles. The van der Waals surface area contributed by atoms with Gasteiger partial charge in [0.2, 0.25) is 5.91 Å². The monoisotopic (exact) mass is 430 g/mol. The Kier molecular flexibility index (Phi) is 6.95.